The van der Waals surface area contributed by atoms with E-state index in [-0.39, 0.29) is 24.0 Å². The fourth-order valence-electron chi connectivity index (χ4n) is 2.82. The van der Waals surface area contributed by atoms with Crippen molar-refractivity contribution in [3.63, 3.8) is 0 Å². The Morgan fingerprint density at radius 1 is 0.968 bits per heavy atom. The van der Waals surface area contributed by atoms with E-state index in [1.165, 1.54) is 26.2 Å². The van der Waals surface area contributed by atoms with Crippen LogP contribution in [0.2, 0.25) is 5.02 Å². The number of carbonyl (C=O) groups excluding carboxylic acids is 1. The summed E-state index contributed by atoms with van der Waals surface area (Å²) in [5, 5.41) is 3.44. The Labute approximate surface area is 187 Å². The number of amides is 1. The van der Waals surface area contributed by atoms with Gasteiger partial charge in [-0.3, -0.25) is 4.79 Å². The first-order valence-corrected chi connectivity index (χ1v) is 11.4. The van der Waals surface area contributed by atoms with Gasteiger partial charge in [-0.25, -0.2) is 12.7 Å². The number of hydrogen-bond donors (Lipinski definition) is 1. The summed E-state index contributed by atoms with van der Waals surface area (Å²) in [7, 11) is -0.524. The van der Waals surface area contributed by atoms with E-state index in [0.29, 0.717) is 16.3 Å². The molecule has 0 aliphatic rings. The lowest BCUT2D eigenvalue weighted by molar-refractivity contribution is 0.0946. The highest BCUT2D eigenvalue weighted by atomic mass is 35.5. The minimum Gasteiger partial charge on any atom is -0.488 e. The second kappa shape index (κ2) is 9.96. The molecule has 0 aliphatic carbocycles. The van der Waals surface area contributed by atoms with E-state index in [4.69, 9.17) is 16.3 Å². The third kappa shape index (κ3) is 5.64. The Morgan fingerprint density at radius 3 is 2.29 bits per heavy atom. The highest BCUT2D eigenvalue weighted by Crippen LogP contribution is 2.22. The van der Waals surface area contributed by atoms with Crippen molar-refractivity contribution >= 4 is 27.5 Å². The maximum atomic E-state index is 12.7. The van der Waals surface area contributed by atoms with Gasteiger partial charge in [-0.15, -0.1) is 0 Å². The fraction of sp³-hybridized carbons (Fsp3) is 0.174. The molecule has 0 saturated heterocycles. The summed E-state index contributed by atoms with van der Waals surface area (Å²) in [6.45, 7) is 0.492. The van der Waals surface area contributed by atoms with Gasteiger partial charge in [0, 0.05) is 31.2 Å². The number of para-hydroxylation sites is 1. The Balaban J connectivity index is 1.65. The molecule has 6 nitrogen and oxygen atoms in total. The maximum Gasteiger partial charge on any atom is 0.255 e. The Kier molecular flexibility index (Phi) is 7.33. The van der Waals surface area contributed by atoms with Crippen LogP contribution in [0.1, 0.15) is 21.5 Å². The lowest BCUT2D eigenvalue weighted by Crippen LogP contribution is -2.24. The number of benzene rings is 3. The summed E-state index contributed by atoms with van der Waals surface area (Å²) in [6.07, 6.45) is 0. The molecule has 0 atom stereocenters. The van der Waals surface area contributed by atoms with Crippen molar-refractivity contribution < 1.29 is 17.9 Å². The van der Waals surface area contributed by atoms with E-state index < -0.39 is 10.0 Å². The highest BCUT2D eigenvalue weighted by Gasteiger charge is 2.17. The van der Waals surface area contributed by atoms with Crippen molar-refractivity contribution in [3.05, 3.63) is 94.5 Å². The molecule has 0 fully saturated rings. The average Bonchev–Trinajstić information content (AvgIpc) is 2.77. The summed E-state index contributed by atoms with van der Waals surface area (Å²) in [5.74, 6) is 0.159. The quantitative estimate of drug-likeness (QED) is 0.551. The van der Waals surface area contributed by atoms with Crippen LogP contribution < -0.4 is 10.1 Å². The van der Waals surface area contributed by atoms with Gasteiger partial charge in [0.2, 0.25) is 10.0 Å². The molecule has 162 valence electrons. The van der Waals surface area contributed by atoms with Crippen LogP contribution >= 0.6 is 11.6 Å². The molecular formula is C23H23ClN2O4S. The molecular weight excluding hydrogens is 436 g/mol. The number of nitrogens with zero attached hydrogens (tertiary/aromatic N) is 1. The summed E-state index contributed by atoms with van der Waals surface area (Å²) in [4.78, 5) is 12.9. The van der Waals surface area contributed by atoms with Gasteiger partial charge in [0.15, 0.2) is 0 Å². The molecule has 0 aromatic heterocycles. The summed E-state index contributed by atoms with van der Waals surface area (Å²) in [5.41, 5.74) is 2.01. The Bertz CT molecular complexity index is 1160. The van der Waals surface area contributed by atoms with E-state index in [1.807, 2.05) is 18.2 Å². The second-order valence-corrected chi connectivity index (χ2v) is 9.55. The third-order valence-electron chi connectivity index (χ3n) is 4.63. The van der Waals surface area contributed by atoms with Gasteiger partial charge in [-0.2, -0.15) is 0 Å². The van der Waals surface area contributed by atoms with Crippen LogP contribution in [0, 0.1) is 0 Å². The van der Waals surface area contributed by atoms with E-state index in [2.05, 4.69) is 5.32 Å². The Morgan fingerprint density at radius 2 is 1.61 bits per heavy atom. The molecule has 8 heteroatoms. The van der Waals surface area contributed by atoms with Gasteiger partial charge in [-0.1, -0.05) is 54.1 Å². The molecule has 0 spiro atoms. The van der Waals surface area contributed by atoms with Gasteiger partial charge < -0.3 is 10.1 Å². The van der Waals surface area contributed by atoms with Crippen molar-refractivity contribution in [2.24, 2.45) is 0 Å². The topological polar surface area (TPSA) is 75.7 Å². The largest absolute Gasteiger partial charge is 0.488 e. The van der Waals surface area contributed by atoms with Crippen LogP contribution in [0.4, 0.5) is 0 Å². The average molecular weight is 459 g/mol. The number of hydrogen-bond acceptors (Lipinski definition) is 4. The highest BCUT2D eigenvalue weighted by molar-refractivity contribution is 7.89. The molecule has 3 rings (SSSR count). The molecule has 0 unspecified atom stereocenters. The molecule has 1 N–H and O–H groups in total. The zero-order valence-corrected chi connectivity index (χ0v) is 18.8. The molecule has 0 heterocycles. The second-order valence-electron chi connectivity index (χ2n) is 6.99. The maximum absolute atomic E-state index is 12.7. The van der Waals surface area contributed by atoms with E-state index in [0.717, 1.165) is 15.4 Å². The SMILES string of the molecule is CN(C)S(=O)(=O)c1ccc(CNC(=O)c2ccccc2OCc2ccccc2Cl)cc1. The predicted molar refractivity (Wildman–Crippen MR) is 121 cm³/mol. The molecule has 31 heavy (non-hydrogen) atoms. The third-order valence-corrected chi connectivity index (χ3v) is 6.83. The summed E-state index contributed by atoms with van der Waals surface area (Å²) >= 11 is 6.17. The predicted octanol–water partition coefficient (Wildman–Crippen LogP) is 4.10. The lowest BCUT2D eigenvalue weighted by Gasteiger charge is -2.13. The molecule has 0 radical (unpaired) electrons. The lowest BCUT2D eigenvalue weighted by atomic mass is 10.1. The van der Waals surface area contributed by atoms with Crippen LogP contribution in [0.25, 0.3) is 0 Å². The van der Waals surface area contributed by atoms with Crippen molar-refractivity contribution in [2.75, 3.05) is 14.1 Å². The zero-order valence-electron chi connectivity index (χ0n) is 17.2. The van der Waals surface area contributed by atoms with Gasteiger partial charge in [0.25, 0.3) is 5.91 Å². The minimum atomic E-state index is -3.49. The van der Waals surface area contributed by atoms with Crippen LogP contribution in [0.5, 0.6) is 5.75 Å². The normalized spacial score (nSPS) is 11.4. The molecule has 0 saturated carbocycles. The van der Waals surface area contributed by atoms with Gasteiger partial charge in [-0.05, 0) is 35.9 Å². The van der Waals surface area contributed by atoms with Crippen LogP contribution in [0.15, 0.2) is 77.7 Å². The first-order chi connectivity index (χ1) is 14.8. The van der Waals surface area contributed by atoms with E-state index in [9.17, 15) is 13.2 Å². The van der Waals surface area contributed by atoms with Crippen molar-refractivity contribution in [3.8, 4) is 5.75 Å². The summed E-state index contributed by atoms with van der Waals surface area (Å²) in [6, 6.07) is 20.7. The summed E-state index contributed by atoms with van der Waals surface area (Å²) < 4.78 is 31.3. The first-order valence-electron chi connectivity index (χ1n) is 9.54. The van der Waals surface area contributed by atoms with E-state index in [1.54, 1.807) is 42.5 Å². The van der Waals surface area contributed by atoms with E-state index >= 15 is 0 Å². The smallest absolute Gasteiger partial charge is 0.255 e. The number of ether oxygens (including phenoxy) is 1. The number of rotatable bonds is 8. The van der Waals surface area contributed by atoms with Crippen molar-refractivity contribution in [1.82, 2.24) is 9.62 Å². The fourth-order valence-corrected chi connectivity index (χ4v) is 3.91. The zero-order chi connectivity index (χ0) is 22.4. The number of sulfonamides is 1. The van der Waals surface area contributed by atoms with Crippen LogP contribution in [0.3, 0.4) is 0 Å². The number of halogens is 1. The van der Waals surface area contributed by atoms with Crippen molar-refractivity contribution in [2.45, 2.75) is 18.0 Å². The molecule has 3 aromatic rings. The number of nitrogens with one attached hydrogen (secondary N) is 1. The number of carbonyl (C=O) groups is 1. The van der Waals surface area contributed by atoms with Gasteiger partial charge in [0.05, 0.1) is 10.5 Å². The molecule has 0 aliphatic heterocycles. The van der Waals surface area contributed by atoms with Crippen LogP contribution in [-0.4, -0.2) is 32.7 Å². The standard InChI is InChI=1S/C23H23ClN2O4S/c1-26(2)31(28,29)19-13-11-17(12-14-19)15-25-23(27)20-8-4-6-10-22(20)30-16-18-7-3-5-9-21(18)24/h3-14H,15-16H2,1-2H3,(H,25,27). The van der Waals surface area contributed by atoms with Crippen LogP contribution in [-0.2, 0) is 23.2 Å². The van der Waals surface area contributed by atoms with Gasteiger partial charge in [0.1, 0.15) is 12.4 Å². The molecule has 3 aromatic carbocycles. The molecule has 0 bridgehead atoms. The molecule has 1 amide bonds. The Hall–Kier alpha value is -2.87. The monoisotopic (exact) mass is 458 g/mol. The minimum absolute atomic E-state index is 0.200. The van der Waals surface area contributed by atoms with Gasteiger partial charge >= 0.3 is 0 Å². The first kappa shape index (κ1) is 22.8. The van der Waals surface area contributed by atoms with Crippen molar-refractivity contribution in [1.29, 1.82) is 0 Å².